The zero-order valence-corrected chi connectivity index (χ0v) is 17.8. The van der Waals surface area contributed by atoms with Crippen molar-refractivity contribution in [1.29, 1.82) is 0 Å². The summed E-state index contributed by atoms with van der Waals surface area (Å²) in [6.07, 6.45) is 0. The quantitative estimate of drug-likeness (QED) is 0.252. The van der Waals surface area contributed by atoms with E-state index < -0.39 is 10.5 Å². The van der Waals surface area contributed by atoms with Crippen molar-refractivity contribution < 1.29 is 4.92 Å². The Bertz CT molecular complexity index is 1360. The Hall–Kier alpha value is -3.92. The fraction of sp³-hybridized carbons (Fsp3) is 0.143. The summed E-state index contributed by atoms with van der Waals surface area (Å²) >= 11 is 1.32. The molecule has 156 valence electrons. The first-order valence-corrected chi connectivity index (χ1v) is 10.2. The molecule has 0 spiro atoms. The number of aromatic amines is 1. The lowest BCUT2D eigenvalue weighted by atomic mass is 10.1. The molecule has 2 heterocycles. The van der Waals surface area contributed by atoms with Gasteiger partial charge in [0.15, 0.2) is 11.4 Å². The molecule has 2 aromatic heterocycles. The van der Waals surface area contributed by atoms with Crippen LogP contribution in [0, 0.1) is 30.9 Å². The molecule has 10 heteroatoms. The van der Waals surface area contributed by atoms with Gasteiger partial charge in [0.2, 0.25) is 5.13 Å². The van der Waals surface area contributed by atoms with Crippen LogP contribution in [-0.2, 0) is 0 Å². The van der Waals surface area contributed by atoms with Crippen LogP contribution in [0.25, 0.3) is 16.4 Å². The van der Waals surface area contributed by atoms with Gasteiger partial charge < -0.3 is 0 Å². The third-order valence-corrected chi connectivity index (χ3v) is 5.56. The van der Waals surface area contributed by atoms with E-state index in [9.17, 15) is 14.9 Å². The minimum absolute atomic E-state index is 0.0737. The van der Waals surface area contributed by atoms with E-state index in [0.717, 1.165) is 16.8 Å². The van der Waals surface area contributed by atoms with Gasteiger partial charge in [-0.15, -0.1) is 21.6 Å². The van der Waals surface area contributed by atoms with Crippen LogP contribution in [0.5, 0.6) is 0 Å². The molecule has 0 saturated carbocycles. The standard InChI is InChI=1S/C21H18N6O3S/c1-12-7-9-15(10-8-12)16-11-31-21(22-16)26-20(28)19(14(3)25-26)24-23-18-13(2)5-4-6-17(18)27(29)30/h4-11,25H,1-3H3. The smallest absolute Gasteiger partial charge is 0.291 e. The predicted molar refractivity (Wildman–Crippen MR) is 119 cm³/mol. The van der Waals surface area contributed by atoms with Gasteiger partial charge in [0.05, 0.1) is 16.3 Å². The average Bonchev–Trinajstić information content (AvgIpc) is 3.32. The minimum atomic E-state index is -0.522. The largest absolute Gasteiger partial charge is 0.301 e. The van der Waals surface area contributed by atoms with Crippen LogP contribution in [0.15, 0.2) is 62.9 Å². The maximum atomic E-state index is 12.9. The third-order valence-electron chi connectivity index (χ3n) is 4.73. The van der Waals surface area contributed by atoms with Crippen molar-refractivity contribution in [1.82, 2.24) is 14.8 Å². The Morgan fingerprint density at radius 1 is 1.06 bits per heavy atom. The maximum Gasteiger partial charge on any atom is 0.301 e. The van der Waals surface area contributed by atoms with Crippen molar-refractivity contribution in [2.45, 2.75) is 20.8 Å². The molecule has 0 aliphatic carbocycles. The van der Waals surface area contributed by atoms with Gasteiger partial charge in [-0.1, -0.05) is 42.0 Å². The maximum absolute atomic E-state index is 12.9. The SMILES string of the molecule is Cc1ccc(-c2csc(-n3[nH]c(C)c(N=Nc4c(C)cccc4[N+](=O)[O-])c3=O)n2)cc1. The number of benzene rings is 2. The number of H-pyrrole nitrogens is 1. The molecule has 0 fully saturated rings. The first-order valence-electron chi connectivity index (χ1n) is 9.35. The molecule has 0 aliphatic heterocycles. The first-order chi connectivity index (χ1) is 14.8. The summed E-state index contributed by atoms with van der Waals surface area (Å²) in [5.74, 6) is 0. The van der Waals surface area contributed by atoms with Gasteiger partial charge in [-0.25, -0.2) is 4.98 Å². The van der Waals surface area contributed by atoms with Crippen LogP contribution in [-0.4, -0.2) is 19.7 Å². The van der Waals surface area contributed by atoms with Crippen LogP contribution in [0.3, 0.4) is 0 Å². The highest BCUT2D eigenvalue weighted by molar-refractivity contribution is 7.12. The van der Waals surface area contributed by atoms with Crippen LogP contribution in [0.1, 0.15) is 16.8 Å². The van der Waals surface area contributed by atoms with Crippen LogP contribution in [0.2, 0.25) is 0 Å². The zero-order valence-electron chi connectivity index (χ0n) is 17.0. The topological polar surface area (TPSA) is 119 Å². The number of nitrogens with zero attached hydrogens (tertiary/aromatic N) is 5. The molecular formula is C21H18N6O3S. The van der Waals surface area contributed by atoms with Crippen molar-refractivity contribution in [3.8, 4) is 16.4 Å². The summed E-state index contributed by atoms with van der Waals surface area (Å²) < 4.78 is 1.30. The van der Waals surface area contributed by atoms with Gasteiger partial charge in [0.25, 0.3) is 5.69 Å². The van der Waals surface area contributed by atoms with E-state index in [1.807, 2.05) is 36.6 Å². The lowest BCUT2D eigenvalue weighted by molar-refractivity contribution is -0.384. The Kier molecular flexibility index (Phi) is 5.30. The Morgan fingerprint density at radius 2 is 1.77 bits per heavy atom. The lowest BCUT2D eigenvalue weighted by Crippen LogP contribution is -2.13. The molecule has 0 saturated heterocycles. The second-order valence-corrected chi connectivity index (χ2v) is 7.84. The molecule has 0 atom stereocenters. The van der Waals surface area contributed by atoms with Crippen molar-refractivity contribution in [3.63, 3.8) is 0 Å². The molecule has 0 unspecified atom stereocenters. The second-order valence-electron chi connectivity index (χ2n) is 7.01. The van der Waals surface area contributed by atoms with Crippen LogP contribution < -0.4 is 5.56 Å². The molecule has 9 nitrogen and oxygen atoms in total. The van der Waals surface area contributed by atoms with E-state index >= 15 is 0 Å². The van der Waals surface area contributed by atoms with Crippen LogP contribution >= 0.6 is 11.3 Å². The second kappa shape index (κ2) is 8.07. The van der Waals surface area contributed by atoms with Gasteiger partial charge in [0.1, 0.15) is 0 Å². The van der Waals surface area contributed by atoms with Gasteiger partial charge in [0, 0.05) is 17.0 Å². The summed E-state index contributed by atoms with van der Waals surface area (Å²) in [4.78, 5) is 28.2. The summed E-state index contributed by atoms with van der Waals surface area (Å²) in [5.41, 5.74) is 3.54. The van der Waals surface area contributed by atoms with Gasteiger partial charge in [-0.05, 0) is 26.3 Å². The van der Waals surface area contributed by atoms with Gasteiger partial charge in [-0.3, -0.25) is 20.0 Å². The van der Waals surface area contributed by atoms with E-state index in [4.69, 9.17) is 0 Å². The van der Waals surface area contributed by atoms with Crippen molar-refractivity contribution in [2.24, 2.45) is 10.2 Å². The summed E-state index contributed by atoms with van der Waals surface area (Å²) in [6, 6.07) is 12.6. The van der Waals surface area contributed by atoms with Gasteiger partial charge >= 0.3 is 5.56 Å². The van der Waals surface area contributed by atoms with E-state index in [-0.39, 0.29) is 17.1 Å². The molecule has 4 aromatic rings. The number of aromatic nitrogens is 3. The summed E-state index contributed by atoms with van der Waals surface area (Å²) in [5, 5.41) is 24.6. The molecular weight excluding hydrogens is 416 g/mol. The van der Waals surface area contributed by atoms with Crippen LogP contribution in [0.4, 0.5) is 17.1 Å². The Labute approximate surface area is 180 Å². The highest BCUT2D eigenvalue weighted by Gasteiger charge is 2.18. The van der Waals surface area contributed by atoms with Crippen molar-refractivity contribution in [2.75, 3.05) is 0 Å². The highest BCUT2D eigenvalue weighted by Crippen LogP contribution is 2.32. The first kappa shape index (κ1) is 20.4. The van der Waals surface area contributed by atoms with E-state index in [1.165, 1.54) is 22.1 Å². The summed E-state index contributed by atoms with van der Waals surface area (Å²) in [7, 11) is 0. The number of hydrogen-bond donors (Lipinski definition) is 1. The number of hydrogen-bond acceptors (Lipinski definition) is 7. The van der Waals surface area contributed by atoms with E-state index in [2.05, 4.69) is 20.3 Å². The van der Waals surface area contributed by atoms with E-state index in [1.54, 1.807) is 26.0 Å². The van der Waals surface area contributed by atoms with Crippen molar-refractivity contribution >= 4 is 28.4 Å². The number of aryl methyl sites for hydroxylation is 3. The Balaban J connectivity index is 1.70. The third kappa shape index (κ3) is 3.92. The fourth-order valence-electron chi connectivity index (χ4n) is 3.03. The van der Waals surface area contributed by atoms with Crippen molar-refractivity contribution in [3.05, 3.63) is 85.1 Å². The number of rotatable bonds is 5. The Morgan fingerprint density at radius 3 is 2.48 bits per heavy atom. The molecule has 0 amide bonds. The number of thiazole rings is 1. The highest BCUT2D eigenvalue weighted by atomic mass is 32.1. The average molecular weight is 434 g/mol. The van der Waals surface area contributed by atoms with E-state index in [0.29, 0.717) is 16.4 Å². The monoisotopic (exact) mass is 434 g/mol. The number of nitro groups is 1. The fourth-order valence-corrected chi connectivity index (χ4v) is 3.83. The molecule has 1 N–H and O–H groups in total. The molecule has 4 rings (SSSR count). The molecule has 0 radical (unpaired) electrons. The molecule has 0 bridgehead atoms. The van der Waals surface area contributed by atoms with Gasteiger partial charge in [-0.2, -0.15) is 4.68 Å². The molecule has 0 aliphatic rings. The number of azo groups is 1. The molecule has 2 aromatic carbocycles. The summed E-state index contributed by atoms with van der Waals surface area (Å²) in [6.45, 7) is 5.40. The number of nitrogens with one attached hydrogen (secondary N) is 1. The predicted octanol–water partition coefficient (Wildman–Crippen LogP) is 5.54. The molecule has 31 heavy (non-hydrogen) atoms. The number of nitro benzene ring substituents is 1. The normalized spacial score (nSPS) is 11.3. The minimum Gasteiger partial charge on any atom is -0.291 e. The zero-order chi connectivity index (χ0) is 22.1. The lowest BCUT2D eigenvalue weighted by Gasteiger charge is -1.99.